The van der Waals surface area contributed by atoms with E-state index in [4.69, 9.17) is 21.6 Å². The average molecular weight is 344 g/mol. The van der Waals surface area contributed by atoms with Gasteiger partial charge in [-0.05, 0) is 25.5 Å². The van der Waals surface area contributed by atoms with Crippen LogP contribution in [-0.4, -0.2) is 23.0 Å². The lowest BCUT2D eigenvalue weighted by molar-refractivity contribution is 0.0614. The number of carbonyl (C=O) groups excluding carboxylic acids is 1. The molecule has 0 bridgehead atoms. The molecule has 1 aromatic heterocycles. The van der Waals surface area contributed by atoms with Crippen molar-refractivity contribution in [3.8, 4) is 6.07 Å². The zero-order valence-electron chi connectivity index (χ0n) is 13.5. The van der Waals surface area contributed by atoms with Gasteiger partial charge in [-0.25, -0.2) is 4.98 Å². The molecule has 0 aliphatic carbocycles. The summed E-state index contributed by atoms with van der Waals surface area (Å²) in [6.45, 7) is 4.51. The average Bonchev–Trinajstić information content (AvgIpc) is 2.54. The highest BCUT2D eigenvalue weighted by molar-refractivity contribution is 6.33. The fourth-order valence-corrected chi connectivity index (χ4v) is 2.32. The highest BCUT2D eigenvalue weighted by Gasteiger charge is 2.23. The van der Waals surface area contributed by atoms with E-state index < -0.39 is 11.4 Å². The predicted molar refractivity (Wildman–Crippen MR) is 91.6 cm³/mol. The minimum absolute atomic E-state index is 0.0896. The Balaban J connectivity index is 1.93. The molecule has 2 aromatic rings. The number of amides is 1. The van der Waals surface area contributed by atoms with Crippen molar-refractivity contribution in [3.05, 3.63) is 64.4 Å². The molecule has 0 atom stereocenters. The van der Waals surface area contributed by atoms with Gasteiger partial charge in [-0.1, -0.05) is 41.9 Å². The van der Waals surface area contributed by atoms with E-state index in [1.54, 1.807) is 0 Å². The van der Waals surface area contributed by atoms with E-state index in [1.165, 1.54) is 12.3 Å². The summed E-state index contributed by atoms with van der Waals surface area (Å²) in [6, 6.07) is 13.1. The first-order valence-electron chi connectivity index (χ1n) is 7.41. The van der Waals surface area contributed by atoms with Crippen LogP contribution >= 0.6 is 11.6 Å². The first-order valence-corrected chi connectivity index (χ1v) is 7.79. The monoisotopic (exact) mass is 343 g/mol. The van der Waals surface area contributed by atoms with Gasteiger partial charge in [0.05, 0.1) is 29.3 Å². The summed E-state index contributed by atoms with van der Waals surface area (Å²) in [6.07, 6.45) is 1.32. The Labute approximate surface area is 146 Å². The molecule has 0 spiro atoms. The van der Waals surface area contributed by atoms with Gasteiger partial charge in [0.15, 0.2) is 0 Å². The number of nitrogens with zero attached hydrogens (tertiary/aromatic N) is 2. The molecule has 24 heavy (non-hydrogen) atoms. The predicted octanol–water partition coefficient (Wildman–Crippen LogP) is 3.33. The summed E-state index contributed by atoms with van der Waals surface area (Å²) in [5, 5.41) is 11.8. The maximum Gasteiger partial charge on any atom is 0.271 e. The summed E-state index contributed by atoms with van der Waals surface area (Å²) in [5.41, 5.74) is 0.871. The number of halogens is 1. The molecule has 1 N–H and O–H groups in total. The van der Waals surface area contributed by atoms with Crippen LogP contribution in [0.4, 0.5) is 0 Å². The third kappa shape index (κ3) is 5.05. The number of nitrogens with one attached hydrogen (secondary N) is 1. The van der Waals surface area contributed by atoms with Crippen LogP contribution in [0.1, 0.15) is 35.5 Å². The van der Waals surface area contributed by atoms with Crippen LogP contribution in [0.25, 0.3) is 0 Å². The lowest BCUT2D eigenvalue weighted by Gasteiger charge is -2.26. The number of nitriles is 1. The molecule has 1 amide bonds. The third-order valence-corrected chi connectivity index (χ3v) is 3.50. The van der Waals surface area contributed by atoms with Crippen molar-refractivity contribution in [2.24, 2.45) is 0 Å². The second-order valence-electron chi connectivity index (χ2n) is 5.98. The quantitative estimate of drug-likeness (QED) is 0.872. The Hall–Kier alpha value is -2.42. The largest absolute Gasteiger partial charge is 0.374 e. The van der Waals surface area contributed by atoms with Gasteiger partial charge in [0.2, 0.25) is 0 Å². The minimum atomic E-state index is -0.592. The lowest BCUT2D eigenvalue weighted by atomic mass is 10.1. The molecule has 5 nitrogen and oxygen atoms in total. The van der Waals surface area contributed by atoms with Crippen LogP contribution in [-0.2, 0) is 11.3 Å². The standard InChI is InChI=1S/C18H18ClN3O2/c1-18(2,12-24-11-13-6-4-3-5-7-13)22-17(23)16-15(19)8-14(9-20)10-21-16/h3-8,10H,11-12H2,1-2H3,(H,22,23). The summed E-state index contributed by atoms with van der Waals surface area (Å²) in [4.78, 5) is 16.3. The molecule has 0 aliphatic rings. The van der Waals surface area contributed by atoms with Gasteiger partial charge in [0.25, 0.3) is 5.91 Å². The number of pyridine rings is 1. The molecule has 0 radical (unpaired) electrons. The lowest BCUT2D eigenvalue weighted by Crippen LogP contribution is -2.47. The molecule has 0 saturated carbocycles. The number of ether oxygens (including phenoxy) is 1. The van der Waals surface area contributed by atoms with E-state index in [2.05, 4.69) is 10.3 Å². The first kappa shape index (κ1) is 17.9. The molecular formula is C18H18ClN3O2. The van der Waals surface area contributed by atoms with Gasteiger partial charge in [0, 0.05) is 6.20 Å². The highest BCUT2D eigenvalue weighted by Crippen LogP contribution is 2.16. The van der Waals surface area contributed by atoms with E-state index in [-0.39, 0.29) is 10.7 Å². The minimum Gasteiger partial charge on any atom is -0.374 e. The third-order valence-electron chi connectivity index (χ3n) is 3.21. The van der Waals surface area contributed by atoms with E-state index >= 15 is 0 Å². The number of hydrogen-bond donors (Lipinski definition) is 1. The Morgan fingerprint density at radius 1 is 1.38 bits per heavy atom. The normalized spacial score (nSPS) is 10.9. The molecule has 0 saturated heterocycles. The zero-order chi connectivity index (χ0) is 17.6. The van der Waals surface area contributed by atoms with Crippen LogP contribution in [0.5, 0.6) is 0 Å². The zero-order valence-corrected chi connectivity index (χ0v) is 14.3. The molecule has 0 fully saturated rings. The van der Waals surface area contributed by atoms with Crippen molar-refractivity contribution >= 4 is 17.5 Å². The molecule has 2 rings (SSSR count). The fraction of sp³-hybridized carbons (Fsp3) is 0.278. The SMILES string of the molecule is CC(C)(COCc1ccccc1)NC(=O)c1ncc(C#N)cc1Cl. The Bertz CT molecular complexity index is 755. The van der Waals surface area contributed by atoms with Crippen LogP contribution < -0.4 is 5.32 Å². The van der Waals surface area contributed by atoms with Crippen LogP contribution in [0.15, 0.2) is 42.6 Å². The summed E-state index contributed by atoms with van der Waals surface area (Å²) in [7, 11) is 0. The van der Waals surface area contributed by atoms with Crippen LogP contribution in [0.3, 0.4) is 0 Å². The van der Waals surface area contributed by atoms with Gasteiger partial charge in [-0.15, -0.1) is 0 Å². The van der Waals surface area contributed by atoms with E-state index in [0.29, 0.717) is 18.8 Å². The van der Waals surface area contributed by atoms with Crippen molar-refractivity contribution < 1.29 is 9.53 Å². The summed E-state index contributed by atoms with van der Waals surface area (Å²) >= 11 is 6.01. The number of aromatic nitrogens is 1. The van der Waals surface area contributed by atoms with Gasteiger partial charge in [-0.2, -0.15) is 5.26 Å². The van der Waals surface area contributed by atoms with E-state index in [0.717, 1.165) is 5.56 Å². The topological polar surface area (TPSA) is 75.0 Å². The van der Waals surface area contributed by atoms with E-state index in [9.17, 15) is 4.79 Å². The molecule has 0 aliphatic heterocycles. The van der Waals surface area contributed by atoms with Crippen molar-refractivity contribution in [1.82, 2.24) is 10.3 Å². The van der Waals surface area contributed by atoms with E-state index in [1.807, 2.05) is 50.2 Å². The molecule has 6 heteroatoms. The maximum absolute atomic E-state index is 12.3. The second kappa shape index (κ2) is 7.91. The van der Waals surface area contributed by atoms with Crippen LogP contribution in [0.2, 0.25) is 5.02 Å². The molecule has 124 valence electrons. The van der Waals surface area contributed by atoms with Gasteiger partial charge in [0.1, 0.15) is 11.8 Å². The number of hydrogen-bond acceptors (Lipinski definition) is 4. The first-order chi connectivity index (χ1) is 11.4. The molecule has 1 aromatic carbocycles. The van der Waals surface area contributed by atoms with Crippen molar-refractivity contribution in [2.75, 3.05) is 6.61 Å². The fourth-order valence-electron chi connectivity index (χ4n) is 2.07. The Kier molecular flexibility index (Phi) is 5.91. The molecular weight excluding hydrogens is 326 g/mol. The van der Waals surface area contributed by atoms with Crippen molar-refractivity contribution in [1.29, 1.82) is 5.26 Å². The number of carbonyl (C=O) groups is 1. The van der Waals surface area contributed by atoms with Gasteiger partial charge >= 0.3 is 0 Å². The number of benzene rings is 1. The molecule has 0 unspecified atom stereocenters. The van der Waals surface area contributed by atoms with Crippen molar-refractivity contribution in [3.63, 3.8) is 0 Å². The Morgan fingerprint density at radius 3 is 2.71 bits per heavy atom. The highest BCUT2D eigenvalue weighted by atomic mass is 35.5. The summed E-state index contributed by atoms with van der Waals surface area (Å²) < 4.78 is 5.68. The Morgan fingerprint density at radius 2 is 2.08 bits per heavy atom. The number of rotatable bonds is 6. The maximum atomic E-state index is 12.3. The van der Waals surface area contributed by atoms with Crippen molar-refractivity contribution in [2.45, 2.75) is 26.0 Å². The smallest absolute Gasteiger partial charge is 0.271 e. The second-order valence-corrected chi connectivity index (χ2v) is 6.39. The van der Waals surface area contributed by atoms with Gasteiger partial charge < -0.3 is 10.1 Å². The summed E-state index contributed by atoms with van der Waals surface area (Å²) in [5.74, 6) is -0.405. The molecule has 1 heterocycles. The van der Waals surface area contributed by atoms with Crippen LogP contribution in [0, 0.1) is 11.3 Å². The van der Waals surface area contributed by atoms with Gasteiger partial charge in [-0.3, -0.25) is 4.79 Å².